The molecule has 0 radical (unpaired) electrons. The summed E-state index contributed by atoms with van der Waals surface area (Å²) in [7, 11) is 0. The summed E-state index contributed by atoms with van der Waals surface area (Å²) < 4.78 is 0. The van der Waals surface area contributed by atoms with Crippen LogP contribution in [0.1, 0.15) is 29.1 Å². The van der Waals surface area contributed by atoms with Gasteiger partial charge in [-0.2, -0.15) is 10.2 Å². The third-order valence-corrected chi connectivity index (χ3v) is 4.46. The number of rotatable bonds is 1. The average molecular weight is 257 g/mol. The summed E-state index contributed by atoms with van der Waals surface area (Å²) in [6.07, 6.45) is 4.30. The molecule has 1 aliphatic carbocycles. The van der Waals surface area contributed by atoms with E-state index in [1.165, 1.54) is 11.3 Å². The van der Waals surface area contributed by atoms with Crippen LogP contribution in [0.2, 0.25) is 0 Å². The maximum absolute atomic E-state index is 12.1. The van der Waals surface area contributed by atoms with E-state index in [0.29, 0.717) is 5.39 Å². The number of fused-ring (bicyclic) bond motifs is 3. The van der Waals surface area contributed by atoms with Gasteiger partial charge in [0.2, 0.25) is 0 Å². The molecule has 2 aromatic rings. The van der Waals surface area contributed by atoms with E-state index in [9.17, 15) is 4.79 Å². The van der Waals surface area contributed by atoms with E-state index in [-0.39, 0.29) is 17.0 Å². The fourth-order valence-electron chi connectivity index (χ4n) is 2.37. The molecule has 0 aliphatic heterocycles. The quantitative estimate of drug-likeness (QED) is 0.797. The lowest BCUT2D eigenvalue weighted by Gasteiger charge is -2.09. The molecule has 3 rings (SSSR count). The number of H-pyrrole nitrogens is 1. The second kappa shape index (κ2) is 4.07. The Balaban J connectivity index is 2.31. The van der Waals surface area contributed by atoms with Crippen molar-refractivity contribution in [2.24, 2.45) is 0 Å². The summed E-state index contributed by atoms with van der Waals surface area (Å²) in [5.74, 6) is 0.286. The Morgan fingerprint density at radius 3 is 3.00 bits per heavy atom. The Kier molecular flexibility index (Phi) is 2.53. The minimum Gasteiger partial charge on any atom is -0.330 e. The predicted molar refractivity (Wildman–Crippen MR) is 71.5 cm³/mol. The fraction of sp³-hybridized carbons (Fsp3) is 0.308. The number of aryl methyl sites for hydroxylation is 2. The summed E-state index contributed by atoms with van der Waals surface area (Å²) in [5, 5.41) is 9.52. The van der Waals surface area contributed by atoms with Gasteiger partial charge in [0, 0.05) is 4.88 Å². The summed E-state index contributed by atoms with van der Waals surface area (Å²) in [6, 6.07) is 1.91. The Bertz CT molecular complexity index is 748. The van der Waals surface area contributed by atoms with E-state index >= 15 is 0 Å². The molecule has 0 spiro atoms. The molecule has 4 nitrogen and oxygen atoms in total. The molecule has 5 heteroatoms. The molecular formula is C13H11N3OS. The van der Waals surface area contributed by atoms with Gasteiger partial charge in [-0.15, -0.1) is 11.3 Å². The van der Waals surface area contributed by atoms with E-state index in [4.69, 9.17) is 5.26 Å². The highest BCUT2D eigenvalue weighted by Gasteiger charge is 2.19. The molecule has 0 fully saturated rings. The van der Waals surface area contributed by atoms with Crippen LogP contribution in [0.4, 0.5) is 0 Å². The van der Waals surface area contributed by atoms with Crippen LogP contribution < -0.4 is 5.56 Å². The molecule has 0 atom stereocenters. The summed E-state index contributed by atoms with van der Waals surface area (Å²) in [5.41, 5.74) is 1.11. The molecule has 0 saturated carbocycles. The number of aromatic amines is 1. The topological polar surface area (TPSA) is 69.5 Å². The van der Waals surface area contributed by atoms with E-state index in [2.05, 4.69) is 16.5 Å². The highest BCUT2D eigenvalue weighted by atomic mass is 32.1. The number of aromatic nitrogens is 2. The van der Waals surface area contributed by atoms with Crippen LogP contribution in [0.25, 0.3) is 15.8 Å². The van der Waals surface area contributed by atoms with Gasteiger partial charge in [0.1, 0.15) is 10.9 Å². The number of nitrogens with one attached hydrogen (secondary N) is 1. The standard InChI is InChI=1S/C13H11N3OS/c1-7(6-14)11-15-12(17)10-8-4-2-3-5-9(8)18-13(10)16-11/h1-5H2,(H,15,16,17). The maximum Gasteiger partial charge on any atom is 0.282 e. The van der Waals surface area contributed by atoms with Crippen LogP contribution in [0.15, 0.2) is 11.4 Å². The van der Waals surface area contributed by atoms with Crippen molar-refractivity contribution in [3.63, 3.8) is 0 Å². The molecule has 0 amide bonds. The average Bonchev–Trinajstić information content (AvgIpc) is 2.76. The van der Waals surface area contributed by atoms with Crippen LogP contribution in [-0.4, -0.2) is 9.97 Å². The van der Waals surface area contributed by atoms with Crippen molar-refractivity contribution < 1.29 is 0 Å². The third-order valence-electron chi connectivity index (χ3n) is 3.25. The van der Waals surface area contributed by atoms with Gasteiger partial charge in [-0.3, -0.25) is 4.79 Å². The number of nitrogens with zero attached hydrogens (tertiary/aromatic N) is 2. The highest BCUT2D eigenvalue weighted by molar-refractivity contribution is 7.18. The van der Waals surface area contributed by atoms with Gasteiger partial charge in [0.05, 0.1) is 11.0 Å². The van der Waals surface area contributed by atoms with Crippen molar-refractivity contribution in [2.75, 3.05) is 0 Å². The van der Waals surface area contributed by atoms with E-state index in [1.54, 1.807) is 11.3 Å². The van der Waals surface area contributed by atoms with Gasteiger partial charge in [-0.05, 0) is 31.2 Å². The van der Waals surface area contributed by atoms with Crippen LogP contribution >= 0.6 is 11.3 Å². The zero-order valence-corrected chi connectivity index (χ0v) is 10.6. The summed E-state index contributed by atoms with van der Waals surface area (Å²) in [6.45, 7) is 3.58. The van der Waals surface area contributed by atoms with E-state index in [0.717, 1.165) is 29.7 Å². The molecule has 1 aliphatic rings. The molecule has 18 heavy (non-hydrogen) atoms. The lowest BCUT2D eigenvalue weighted by Crippen LogP contribution is -2.12. The van der Waals surface area contributed by atoms with Crippen molar-refractivity contribution in [3.8, 4) is 6.07 Å². The van der Waals surface area contributed by atoms with Gasteiger partial charge >= 0.3 is 0 Å². The van der Waals surface area contributed by atoms with Gasteiger partial charge in [-0.25, -0.2) is 0 Å². The van der Waals surface area contributed by atoms with Crippen molar-refractivity contribution in [1.29, 1.82) is 5.26 Å². The number of hydrogen-bond donors (Lipinski definition) is 1. The summed E-state index contributed by atoms with van der Waals surface area (Å²) in [4.78, 5) is 21.2. The Morgan fingerprint density at radius 1 is 1.44 bits per heavy atom. The van der Waals surface area contributed by atoms with Crippen LogP contribution in [0.3, 0.4) is 0 Å². The van der Waals surface area contributed by atoms with Gasteiger partial charge in [-0.1, -0.05) is 6.58 Å². The van der Waals surface area contributed by atoms with E-state index < -0.39 is 0 Å². The zero-order chi connectivity index (χ0) is 12.7. The first kappa shape index (κ1) is 11.2. The molecule has 0 saturated heterocycles. The van der Waals surface area contributed by atoms with Crippen LogP contribution in [0, 0.1) is 11.3 Å². The summed E-state index contributed by atoms with van der Waals surface area (Å²) >= 11 is 1.61. The SMILES string of the molecule is C=C(C#N)c1nc(=O)c2c3c(sc2[nH]1)CCCC3. The number of allylic oxidation sites excluding steroid dienone is 1. The number of thiophene rings is 1. The Labute approximate surface area is 108 Å². The fourth-order valence-corrected chi connectivity index (χ4v) is 3.65. The lowest BCUT2D eigenvalue weighted by molar-refractivity contribution is 0.700. The Morgan fingerprint density at radius 2 is 2.22 bits per heavy atom. The van der Waals surface area contributed by atoms with Crippen LogP contribution in [-0.2, 0) is 12.8 Å². The highest BCUT2D eigenvalue weighted by Crippen LogP contribution is 2.33. The zero-order valence-electron chi connectivity index (χ0n) is 9.75. The van der Waals surface area contributed by atoms with Gasteiger partial charge in [0.15, 0.2) is 5.82 Å². The van der Waals surface area contributed by atoms with E-state index in [1.807, 2.05) is 6.07 Å². The molecule has 1 N–H and O–H groups in total. The first-order valence-corrected chi connectivity index (χ1v) is 6.66. The first-order valence-electron chi connectivity index (χ1n) is 5.84. The van der Waals surface area contributed by atoms with Crippen LogP contribution in [0.5, 0.6) is 0 Å². The van der Waals surface area contributed by atoms with Gasteiger partial charge in [0.25, 0.3) is 5.56 Å². The molecular weight excluding hydrogens is 246 g/mol. The van der Waals surface area contributed by atoms with Crippen molar-refractivity contribution in [3.05, 3.63) is 33.2 Å². The molecule has 0 unspecified atom stereocenters. The molecule has 90 valence electrons. The smallest absolute Gasteiger partial charge is 0.282 e. The minimum atomic E-state index is -0.241. The minimum absolute atomic E-state index is 0.195. The second-order valence-electron chi connectivity index (χ2n) is 4.40. The second-order valence-corrected chi connectivity index (χ2v) is 5.50. The molecule has 2 aromatic heterocycles. The monoisotopic (exact) mass is 257 g/mol. The lowest BCUT2D eigenvalue weighted by atomic mass is 9.97. The first-order chi connectivity index (χ1) is 8.70. The number of hydrogen-bond acceptors (Lipinski definition) is 4. The number of nitriles is 1. The van der Waals surface area contributed by atoms with Crippen molar-refractivity contribution >= 4 is 27.1 Å². The molecule has 0 bridgehead atoms. The predicted octanol–water partition coefficient (Wildman–Crippen LogP) is 2.40. The normalized spacial score (nSPS) is 14.2. The van der Waals surface area contributed by atoms with Crippen molar-refractivity contribution in [1.82, 2.24) is 9.97 Å². The third kappa shape index (κ3) is 1.57. The Hall–Kier alpha value is -1.93. The molecule has 0 aromatic carbocycles. The largest absolute Gasteiger partial charge is 0.330 e. The molecule has 2 heterocycles. The maximum atomic E-state index is 12.1. The van der Waals surface area contributed by atoms with Crippen molar-refractivity contribution in [2.45, 2.75) is 25.7 Å². The van der Waals surface area contributed by atoms with Gasteiger partial charge < -0.3 is 4.98 Å².